The molecular formula is C16H25NO4S. The van der Waals surface area contributed by atoms with E-state index < -0.39 is 21.9 Å². The van der Waals surface area contributed by atoms with Crippen LogP contribution in [0.25, 0.3) is 0 Å². The Morgan fingerprint density at radius 3 is 2.23 bits per heavy atom. The van der Waals surface area contributed by atoms with Crippen molar-refractivity contribution in [3.63, 3.8) is 0 Å². The van der Waals surface area contributed by atoms with Crippen LogP contribution in [-0.2, 0) is 20.6 Å². The first-order valence-electron chi connectivity index (χ1n) is 7.37. The summed E-state index contributed by atoms with van der Waals surface area (Å²) in [6.07, 6.45) is 0.446. The number of rotatable bonds is 8. The maximum absolute atomic E-state index is 12.2. The maximum Gasteiger partial charge on any atom is 0.307 e. The molecule has 6 heteroatoms. The van der Waals surface area contributed by atoms with Gasteiger partial charge in [-0.05, 0) is 42.9 Å². The molecule has 5 nitrogen and oxygen atoms in total. The van der Waals surface area contributed by atoms with Crippen LogP contribution < -0.4 is 4.72 Å². The van der Waals surface area contributed by atoms with Crippen LogP contribution in [0.3, 0.4) is 0 Å². The van der Waals surface area contributed by atoms with Gasteiger partial charge in [0.15, 0.2) is 0 Å². The van der Waals surface area contributed by atoms with E-state index in [0.717, 1.165) is 16.7 Å². The van der Waals surface area contributed by atoms with Crippen LogP contribution in [0.5, 0.6) is 0 Å². The molecule has 22 heavy (non-hydrogen) atoms. The van der Waals surface area contributed by atoms with Crippen LogP contribution in [0.1, 0.15) is 37.0 Å². The summed E-state index contributed by atoms with van der Waals surface area (Å²) in [5.74, 6) is -1.60. The van der Waals surface area contributed by atoms with E-state index in [2.05, 4.69) is 4.72 Å². The van der Waals surface area contributed by atoms with Crippen LogP contribution >= 0.6 is 0 Å². The fourth-order valence-corrected chi connectivity index (χ4v) is 3.78. The van der Waals surface area contributed by atoms with E-state index in [-0.39, 0.29) is 18.2 Å². The van der Waals surface area contributed by atoms with Gasteiger partial charge >= 0.3 is 5.97 Å². The van der Waals surface area contributed by atoms with E-state index in [0.29, 0.717) is 6.42 Å². The lowest BCUT2D eigenvalue weighted by molar-refractivity contribution is -0.142. The molecule has 1 aromatic rings. The molecule has 1 atom stereocenters. The van der Waals surface area contributed by atoms with Gasteiger partial charge in [-0.1, -0.05) is 32.0 Å². The summed E-state index contributed by atoms with van der Waals surface area (Å²) >= 11 is 0. The van der Waals surface area contributed by atoms with Gasteiger partial charge in [-0.15, -0.1) is 0 Å². The third-order valence-corrected chi connectivity index (χ3v) is 4.91. The van der Waals surface area contributed by atoms with Gasteiger partial charge in [-0.2, -0.15) is 0 Å². The molecule has 0 aliphatic carbocycles. The van der Waals surface area contributed by atoms with Crippen molar-refractivity contribution in [2.75, 3.05) is 6.54 Å². The Bertz CT molecular complexity index is 603. The Hall–Kier alpha value is -1.40. The number of aliphatic carboxylic acids is 1. The fraction of sp³-hybridized carbons (Fsp3) is 0.562. The molecule has 0 aliphatic rings. The normalized spacial score (nSPS) is 13.3. The average molecular weight is 327 g/mol. The van der Waals surface area contributed by atoms with Gasteiger partial charge in [-0.25, -0.2) is 13.1 Å². The van der Waals surface area contributed by atoms with Crippen molar-refractivity contribution in [1.29, 1.82) is 0 Å². The lowest BCUT2D eigenvalue weighted by Gasteiger charge is -2.16. The number of aryl methyl sites for hydroxylation is 2. The number of carbonyl (C=O) groups is 1. The topological polar surface area (TPSA) is 83.5 Å². The van der Waals surface area contributed by atoms with Gasteiger partial charge in [0.25, 0.3) is 0 Å². The van der Waals surface area contributed by atoms with Crippen molar-refractivity contribution in [1.82, 2.24) is 4.72 Å². The Balaban J connectivity index is 2.77. The van der Waals surface area contributed by atoms with Crippen molar-refractivity contribution in [2.45, 2.75) is 39.9 Å². The van der Waals surface area contributed by atoms with Gasteiger partial charge in [0.2, 0.25) is 10.0 Å². The van der Waals surface area contributed by atoms with E-state index in [4.69, 9.17) is 5.11 Å². The quantitative estimate of drug-likeness (QED) is 0.768. The van der Waals surface area contributed by atoms with Gasteiger partial charge in [0.1, 0.15) is 0 Å². The van der Waals surface area contributed by atoms with Crippen molar-refractivity contribution in [3.8, 4) is 0 Å². The molecule has 0 radical (unpaired) electrons. The zero-order chi connectivity index (χ0) is 16.9. The summed E-state index contributed by atoms with van der Waals surface area (Å²) in [6, 6.07) is 5.63. The summed E-state index contributed by atoms with van der Waals surface area (Å²) in [5.41, 5.74) is 2.61. The molecule has 0 saturated heterocycles. The van der Waals surface area contributed by atoms with E-state index in [9.17, 15) is 13.2 Å². The molecule has 0 saturated carbocycles. The molecule has 2 N–H and O–H groups in total. The summed E-state index contributed by atoms with van der Waals surface area (Å²) in [6.45, 7) is 7.51. The first-order chi connectivity index (χ1) is 10.1. The highest BCUT2D eigenvalue weighted by Gasteiger charge is 2.22. The van der Waals surface area contributed by atoms with E-state index in [1.54, 1.807) is 0 Å². The smallest absolute Gasteiger partial charge is 0.307 e. The Kier molecular flexibility index (Phi) is 6.56. The number of sulfonamides is 1. The number of nitrogens with one attached hydrogen (secondary N) is 1. The SMILES string of the molecule is Cc1cccc(C)c1CS(=O)(=O)NCC(CC(C)C)C(=O)O. The highest BCUT2D eigenvalue weighted by Crippen LogP contribution is 2.17. The lowest BCUT2D eigenvalue weighted by Crippen LogP contribution is -2.34. The van der Waals surface area contributed by atoms with Gasteiger partial charge in [0, 0.05) is 6.54 Å². The monoisotopic (exact) mass is 327 g/mol. The molecule has 0 aromatic heterocycles. The molecule has 1 unspecified atom stereocenters. The first kappa shape index (κ1) is 18.6. The van der Waals surface area contributed by atoms with E-state index in [1.165, 1.54) is 0 Å². The maximum atomic E-state index is 12.2. The van der Waals surface area contributed by atoms with E-state index in [1.807, 2.05) is 45.9 Å². The second kappa shape index (κ2) is 7.74. The van der Waals surface area contributed by atoms with Crippen LogP contribution in [0.4, 0.5) is 0 Å². The fourth-order valence-electron chi connectivity index (χ4n) is 2.39. The third-order valence-electron chi connectivity index (χ3n) is 3.63. The van der Waals surface area contributed by atoms with Gasteiger partial charge < -0.3 is 5.11 Å². The molecule has 0 spiro atoms. The highest BCUT2D eigenvalue weighted by atomic mass is 32.2. The molecule has 0 aliphatic heterocycles. The second-order valence-electron chi connectivity index (χ2n) is 6.14. The molecule has 0 amide bonds. The number of hydrogen-bond acceptors (Lipinski definition) is 3. The van der Waals surface area contributed by atoms with Crippen molar-refractivity contribution in [3.05, 3.63) is 34.9 Å². The van der Waals surface area contributed by atoms with E-state index >= 15 is 0 Å². The number of carboxylic acids is 1. The molecule has 1 rings (SSSR count). The molecule has 0 heterocycles. The van der Waals surface area contributed by atoms with Crippen LogP contribution in [0, 0.1) is 25.7 Å². The highest BCUT2D eigenvalue weighted by molar-refractivity contribution is 7.88. The molecule has 0 fully saturated rings. The zero-order valence-corrected chi connectivity index (χ0v) is 14.4. The summed E-state index contributed by atoms with van der Waals surface area (Å²) in [4.78, 5) is 11.2. The molecular weight excluding hydrogens is 302 g/mol. The Morgan fingerprint density at radius 1 is 1.23 bits per heavy atom. The number of hydrogen-bond donors (Lipinski definition) is 2. The minimum absolute atomic E-state index is 0.0687. The van der Waals surface area contributed by atoms with Crippen LogP contribution in [0.2, 0.25) is 0 Å². The summed E-state index contributed by atoms with van der Waals surface area (Å²) < 4.78 is 26.9. The minimum Gasteiger partial charge on any atom is -0.481 e. The second-order valence-corrected chi connectivity index (χ2v) is 7.95. The number of carboxylic acid groups (broad SMARTS) is 1. The van der Waals surface area contributed by atoms with Crippen LogP contribution in [0.15, 0.2) is 18.2 Å². The minimum atomic E-state index is -3.56. The molecule has 0 bridgehead atoms. The summed E-state index contributed by atoms with van der Waals surface area (Å²) in [5, 5.41) is 9.16. The standard InChI is InChI=1S/C16H25NO4S/c1-11(2)8-14(16(18)19)9-17-22(20,21)10-15-12(3)6-5-7-13(15)4/h5-7,11,14,17H,8-10H2,1-4H3,(H,18,19). The zero-order valence-electron chi connectivity index (χ0n) is 13.6. The number of benzene rings is 1. The first-order valence-corrected chi connectivity index (χ1v) is 9.03. The Labute approximate surface area is 132 Å². The van der Waals surface area contributed by atoms with Crippen molar-refractivity contribution in [2.24, 2.45) is 11.8 Å². The van der Waals surface area contributed by atoms with Crippen molar-refractivity contribution < 1.29 is 18.3 Å². The van der Waals surface area contributed by atoms with Crippen LogP contribution in [-0.4, -0.2) is 26.0 Å². The molecule has 124 valence electrons. The van der Waals surface area contributed by atoms with Gasteiger partial charge in [-0.3, -0.25) is 4.79 Å². The summed E-state index contributed by atoms with van der Waals surface area (Å²) in [7, 11) is -3.56. The third kappa shape index (κ3) is 5.77. The largest absolute Gasteiger partial charge is 0.481 e. The molecule has 1 aromatic carbocycles. The van der Waals surface area contributed by atoms with Gasteiger partial charge in [0.05, 0.1) is 11.7 Å². The van der Waals surface area contributed by atoms with Crippen molar-refractivity contribution >= 4 is 16.0 Å². The predicted molar refractivity (Wildman–Crippen MR) is 87.1 cm³/mol. The average Bonchev–Trinajstić information content (AvgIpc) is 2.38. The lowest BCUT2D eigenvalue weighted by atomic mass is 9.98. The predicted octanol–water partition coefficient (Wildman–Crippen LogP) is 2.47. The Morgan fingerprint density at radius 2 is 1.77 bits per heavy atom.